The molecule has 0 aliphatic carbocycles. The lowest BCUT2D eigenvalue weighted by molar-refractivity contribution is -0.114. The van der Waals surface area contributed by atoms with Crippen molar-refractivity contribution < 1.29 is 22.7 Å². The summed E-state index contributed by atoms with van der Waals surface area (Å²) in [5.74, 6) is -0.694. The van der Waals surface area contributed by atoms with Crippen LogP contribution in [0.5, 0.6) is 5.88 Å². The van der Waals surface area contributed by atoms with Crippen molar-refractivity contribution in [2.24, 2.45) is 10.2 Å². The molecule has 0 fully saturated rings. The molecule has 39 heavy (non-hydrogen) atoms. The van der Waals surface area contributed by atoms with E-state index >= 15 is 0 Å². The molecule has 0 radical (unpaired) electrons. The molecular weight excluding hydrogens is 518 g/mol. The van der Waals surface area contributed by atoms with E-state index in [1.165, 1.54) is 29.3 Å². The summed E-state index contributed by atoms with van der Waals surface area (Å²) in [6.45, 7) is 1.66. The van der Waals surface area contributed by atoms with Crippen LogP contribution in [0.1, 0.15) is 21.6 Å². The number of para-hydroxylation sites is 2. The third-order valence-electron chi connectivity index (χ3n) is 6.45. The summed E-state index contributed by atoms with van der Waals surface area (Å²) < 4.78 is 31.3. The van der Waals surface area contributed by atoms with Crippen LogP contribution in [0, 0.1) is 6.92 Å². The molecule has 2 aliphatic rings. The van der Waals surface area contributed by atoms with Crippen LogP contribution in [-0.4, -0.2) is 42.2 Å². The molecule has 2 aliphatic heterocycles. The van der Waals surface area contributed by atoms with Gasteiger partial charge in [0, 0.05) is 5.56 Å². The van der Waals surface area contributed by atoms with Crippen molar-refractivity contribution in [1.82, 2.24) is 9.78 Å². The highest BCUT2D eigenvalue weighted by atomic mass is 32.2. The fraction of sp³-hybridized carbons (Fsp3) is 0.0714. The predicted octanol–water partition coefficient (Wildman–Crippen LogP) is 3.26. The Bertz CT molecular complexity index is 1810. The third-order valence-corrected chi connectivity index (χ3v) is 7.38. The molecule has 0 saturated carbocycles. The molecule has 0 saturated heterocycles. The number of nitrogens with zero attached hydrogens (tertiary/aromatic N) is 4. The van der Waals surface area contributed by atoms with Crippen molar-refractivity contribution in [2.45, 2.75) is 11.8 Å². The van der Waals surface area contributed by atoms with E-state index in [4.69, 9.17) is 9.88 Å². The molecule has 2 N–H and O–H groups in total. The van der Waals surface area contributed by atoms with Gasteiger partial charge in [-0.15, -0.1) is 0 Å². The van der Waals surface area contributed by atoms with Gasteiger partial charge in [-0.2, -0.15) is 15.2 Å². The number of primary sulfonamides is 1. The summed E-state index contributed by atoms with van der Waals surface area (Å²) in [6, 6.07) is 23.4. The molecule has 194 valence electrons. The average Bonchev–Trinajstić information content (AvgIpc) is 3.38. The maximum Gasteiger partial charge on any atom is 0.281 e. The van der Waals surface area contributed by atoms with Gasteiger partial charge in [0.1, 0.15) is 12.3 Å². The summed E-state index contributed by atoms with van der Waals surface area (Å²) in [4.78, 5) is 27.9. The molecule has 1 aromatic heterocycles. The summed E-state index contributed by atoms with van der Waals surface area (Å²) in [6.07, 6.45) is 0. The number of hydrogen-bond acceptors (Lipinski definition) is 7. The van der Waals surface area contributed by atoms with E-state index < -0.39 is 21.7 Å². The van der Waals surface area contributed by atoms with Crippen LogP contribution in [0.25, 0.3) is 11.3 Å². The van der Waals surface area contributed by atoms with Gasteiger partial charge >= 0.3 is 0 Å². The van der Waals surface area contributed by atoms with Crippen LogP contribution in [0.4, 0.5) is 5.69 Å². The summed E-state index contributed by atoms with van der Waals surface area (Å²) in [5.41, 5.74) is 2.72. The smallest absolute Gasteiger partial charge is 0.281 e. The number of rotatable bonds is 5. The maximum atomic E-state index is 14.1. The van der Waals surface area contributed by atoms with Gasteiger partial charge in [0.05, 0.1) is 38.7 Å². The minimum atomic E-state index is -3.96. The van der Waals surface area contributed by atoms with Crippen molar-refractivity contribution in [3.63, 3.8) is 0 Å². The highest BCUT2D eigenvalue weighted by molar-refractivity contribution is 7.89. The highest BCUT2D eigenvalue weighted by Gasteiger charge is 2.41. The second kappa shape index (κ2) is 9.15. The van der Waals surface area contributed by atoms with Gasteiger partial charge in [-0.05, 0) is 55.5 Å². The van der Waals surface area contributed by atoms with E-state index in [1.807, 2.05) is 36.4 Å². The summed E-state index contributed by atoms with van der Waals surface area (Å²) in [7, 11) is -3.96. The van der Waals surface area contributed by atoms with Crippen molar-refractivity contribution in [3.8, 4) is 11.6 Å². The van der Waals surface area contributed by atoms with Crippen LogP contribution < -0.4 is 14.9 Å². The van der Waals surface area contributed by atoms with E-state index in [0.29, 0.717) is 34.2 Å². The number of hydrazone groups is 1. The van der Waals surface area contributed by atoms with Crippen LogP contribution in [0.15, 0.2) is 100 Å². The Hall–Kier alpha value is -4.87. The van der Waals surface area contributed by atoms with E-state index in [2.05, 4.69) is 10.2 Å². The van der Waals surface area contributed by atoms with Gasteiger partial charge in [-0.3, -0.25) is 9.59 Å². The number of hydrogen-bond donors (Lipinski definition) is 1. The number of nitrogens with two attached hydrogens (primary N) is 1. The van der Waals surface area contributed by atoms with Gasteiger partial charge in [0.2, 0.25) is 15.9 Å². The summed E-state index contributed by atoms with van der Waals surface area (Å²) in [5, 5.41) is 15.6. The lowest BCUT2D eigenvalue weighted by atomic mass is 9.90. The second-order valence-corrected chi connectivity index (χ2v) is 10.5. The molecule has 3 heterocycles. The number of amides is 1. The number of fused-ring (bicyclic) bond motifs is 2. The van der Waals surface area contributed by atoms with Gasteiger partial charge in [-0.1, -0.05) is 36.4 Å². The standard InChI is InChI=1S/C28H21N5O5S/c1-17-23-25(26(34)18-12-14-21(15-13-18)39(29,36)37)24-22(31-32(27(24)35)19-8-4-2-5-9-19)16-38-28(23)33(30-17)20-10-6-3-7-11-20/h2-15H,16H2,1H3,(H2,29,36,37). The second-order valence-electron chi connectivity index (χ2n) is 8.95. The zero-order chi connectivity index (χ0) is 27.3. The quantitative estimate of drug-likeness (QED) is 0.387. The molecule has 10 nitrogen and oxygen atoms in total. The number of anilines is 1. The van der Waals surface area contributed by atoms with E-state index in [0.717, 1.165) is 0 Å². The van der Waals surface area contributed by atoms with Crippen LogP contribution >= 0.6 is 0 Å². The third kappa shape index (κ3) is 4.13. The number of ether oxygens (including phenoxy) is 1. The molecule has 0 unspecified atom stereocenters. The number of aryl methyl sites for hydroxylation is 1. The average molecular weight is 540 g/mol. The molecule has 0 spiro atoms. The molecule has 4 aromatic rings. The number of carbonyl (C=O) groups excluding carboxylic acids is 2. The largest absolute Gasteiger partial charge is 0.471 e. The fourth-order valence-electron chi connectivity index (χ4n) is 4.64. The minimum Gasteiger partial charge on any atom is -0.471 e. The first-order chi connectivity index (χ1) is 18.7. The Balaban J connectivity index is 1.57. The van der Waals surface area contributed by atoms with Gasteiger partial charge in [0.15, 0.2) is 5.78 Å². The first-order valence-electron chi connectivity index (χ1n) is 11.9. The number of carbonyl (C=O) groups is 2. The number of benzene rings is 3. The van der Waals surface area contributed by atoms with E-state index in [9.17, 15) is 18.0 Å². The molecule has 6 rings (SSSR count). The van der Waals surface area contributed by atoms with Crippen molar-refractivity contribution in [2.75, 3.05) is 11.6 Å². The van der Waals surface area contributed by atoms with E-state index in [1.54, 1.807) is 35.9 Å². The van der Waals surface area contributed by atoms with Gasteiger partial charge in [-0.25, -0.2) is 18.2 Å². The Morgan fingerprint density at radius 2 is 1.54 bits per heavy atom. The Labute approximate surface area is 223 Å². The minimum absolute atomic E-state index is 0.0729. The van der Waals surface area contributed by atoms with Crippen molar-refractivity contribution in [3.05, 3.63) is 107 Å². The fourth-order valence-corrected chi connectivity index (χ4v) is 5.16. The Morgan fingerprint density at radius 1 is 0.923 bits per heavy atom. The first kappa shape index (κ1) is 24.5. The monoisotopic (exact) mass is 539 g/mol. The van der Waals surface area contributed by atoms with Gasteiger partial charge < -0.3 is 4.74 Å². The molecular formula is C28H21N5O5S. The van der Waals surface area contributed by atoms with Crippen molar-refractivity contribution >= 4 is 38.7 Å². The van der Waals surface area contributed by atoms with Crippen molar-refractivity contribution in [1.29, 1.82) is 0 Å². The molecule has 1 amide bonds. The normalized spacial score (nSPS) is 14.9. The van der Waals surface area contributed by atoms with Gasteiger partial charge in [0.25, 0.3) is 5.91 Å². The molecule has 0 bridgehead atoms. The number of aromatic nitrogens is 2. The lowest BCUT2D eigenvalue weighted by Gasteiger charge is -2.14. The predicted molar refractivity (Wildman–Crippen MR) is 144 cm³/mol. The molecule has 0 atom stereocenters. The Kier molecular flexibility index (Phi) is 5.74. The molecule has 11 heteroatoms. The zero-order valence-electron chi connectivity index (χ0n) is 20.6. The maximum absolute atomic E-state index is 14.1. The van der Waals surface area contributed by atoms with Crippen LogP contribution in [0.2, 0.25) is 0 Å². The Morgan fingerprint density at radius 3 is 2.15 bits per heavy atom. The van der Waals surface area contributed by atoms with Crippen LogP contribution in [0.3, 0.4) is 0 Å². The zero-order valence-corrected chi connectivity index (χ0v) is 21.4. The SMILES string of the molecule is Cc1nn(-c2ccccc2)c2c1C(C(=O)c1ccc(S(N)(=O)=O)cc1)=C1C(=O)N(c3ccccc3)N=C1CO2. The number of Topliss-reactive ketones (excluding diaryl/α,β-unsaturated/α-hetero) is 1. The number of ketones is 1. The number of allylic oxidation sites excluding steroid dienone is 1. The highest BCUT2D eigenvalue weighted by Crippen LogP contribution is 2.40. The summed E-state index contributed by atoms with van der Waals surface area (Å²) >= 11 is 0. The first-order valence-corrected chi connectivity index (χ1v) is 13.5. The topological polar surface area (TPSA) is 137 Å². The van der Waals surface area contributed by atoms with E-state index in [-0.39, 0.29) is 28.2 Å². The lowest BCUT2D eigenvalue weighted by Crippen LogP contribution is -2.23. The number of sulfonamides is 1. The molecule has 3 aromatic carbocycles. The van der Waals surface area contributed by atoms with Crippen LogP contribution in [-0.2, 0) is 14.8 Å².